The van der Waals surface area contributed by atoms with E-state index in [2.05, 4.69) is 27.7 Å². The summed E-state index contributed by atoms with van der Waals surface area (Å²) in [6.07, 6.45) is 12.0. The molecule has 1 spiro atoms. The number of fused-ring (bicyclic) bond motifs is 2. The molecule has 166 valence electrons. The van der Waals surface area contributed by atoms with Gasteiger partial charge in [-0.1, -0.05) is 47.0 Å². The molecular weight excluding hydrogens is 372 g/mol. The molecule has 6 rings (SSSR count). The fourth-order valence-corrected chi connectivity index (χ4v) is 8.86. The Morgan fingerprint density at radius 3 is 2.63 bits per heavy atom. The van der Waals surface area contributed by atoms with Crippen molar-refractivity contribution in [1.29, 1.82) is 0 Å². The van der Waals surface area contributed by atoms with Crippen LogP contribution in [0.3, 0.4) is 0 Å². The molecule has 3 saturated carbocycles. The highest BCUT2D eigenvalue weighted by Crippen LogP contribution is 2.69. The number of Topliss-reactive ketones (excluding diaryl/α,β-unsaturated/α-hetero) is 1. The normalized spacial score (nSPS) is 45.8. The van der Waals surface area contributed by atoms with Gasteiger partial charge in [-0.25, -0.2) is 0 Å². The molecule has 5 fully saturated rings. The lowest BCUT2D eigenvalue weighted by Gasteiger charge is -2.63. The summed E-state index contributed by atoms with van der Waals surface area (Å²) in [5, 5.41) is 0. The number of hydrogen-bond donors (Lipinski definition) is 0. The first-order valence-electron chi connectivity index (χ1n) is 12.7. The second-order valence-electron chi connectivity index (χ2n) is 12.1. The van der Waals surface area contributed by atoms with Crippen molar-refractivity contribution >= 4 is 11.6 Å². The number of ketones is 2. The quantitative estimate of drug-likeness (QED) is 0.576. The Hall–Kier alpha value is -0.960. The molecule has 6 aliphatic rings. The van der Waals surface area contributed by atoms with E-state index in [0.717, 1.165) is 29.7 Å². The first-order valence-corrected chi connectivity index (χ1v) is 12.7. The smallest absolute Gasteiger partial charge is 0.188 e. The highest BCUT2D eigenvalue weighted by atomic mass is 16.5. The van der Waals surface area contributed by atoms with Crippen molar-refractivity contribution < 1.29 is 14.3 Å². The maximum atomic E-state index is 13.4. The van der Waals surface area contributed by atoms with Gasteiger partial charge in [0.1, 0.15) is 6.10 Å². The molecule has 0 N–H and O–H groups in total. The molecule has 4 aliphatic carbocycles. The molecule has 3 nitrogen and oxygen atoms in total. The molecule has 0 aromatic rings. The topological polar surface area (TPSA) is 43.4 Å². The van der Waals surface area contributed by atoms with Crippen LogP contribution >= 0.6 is 0 Å². The third kappa shape index (κ3) is 2.86. The number of rotatable bonds is 5. The van der Waals surface area contributed by atoms with E-state index in [1.54, 1.807) is 6.08 Å². The van der Waals surface area contributed by atoms with Gasteiger partial charge in [0.05, 0.1) is 6.61 Å². The Bertz CT molecular complexity index is 766. The van der Waals surface area contributed by atoms with Gasteiger partial charge >= 0.3 is 0 Å². The third-order valence-electron chi connectivity index (χ3n) is 10.3. The van der Waals surface area contributed by atoms with Crippen molar-refractivity contribution in [2.45, 2.75) is 91.6 Å². The lowest BCUT2D eigenvalue weighted by molar-refractivity contribution is -0.206. The van der Waals surface area contributed by atoms with E-state index in [-0.39, 0.29) is 23.1 Å². The van der Waals surface area contributed by atoms with Gasteiger partial charge in [0.15, 0.2) is 11.6 Å². The summed E-state index contributed by atoms with van der Waals surface area (Å²) >= 11 is 0. The zero-order valence-electron chi connectivity index (χ0n) is 19.4. The minimum Gasteiger partial charge on any atom is -0.369 e. The Kier molecular flexibility index (Phi) is 5.08. The summed E-state index contributed by atoms with van der Waals surface area (Å²) < 4.78 is 6.29. The van der Waals surface area contributed by atoms with Gasteiger partial charge < -0.3 is 4.74 Å². The molecule has 2 bridgehead atoms. The predicted molar refractivity (Wildman–Crippen MR) is 118 cm³/mol. The Morgan fingerprint density at radius 1 is 1.07 bits per heavy atom. The largest absolute Gasteiger partial charge is 0.369 e. The van der Waals surface area contributed by atoms with E-state index >= 15 is 0 Å². The van der Waals surface area contributed by atoms with Crippen molar-refractivity contribution in [3.8, 4) is 0 Å². The summed E-state index contributed by atoms with van der Waals surface area (Å²) in [6, 6.07) is 0. The summed E-state index contributed by atoms with van der Waals surface area (Å²) in [5.74, 6) is 4.19. The molecule has 0 radical (unpaired) electrons. The fraction of sp³-hybridized carbons (Fsp3) is 0.852. The van der Waals surface area contributed by atoms with Crippen LogP contribution in [0, 0.1) is 46.3 Å². The van der Waals surface area contributed by atoms with E-state index in [0.29, 0.717) is 36.2 Å². The second-order valence-corrected chi connectivity index (χ2v) is 12.1. The van der Waals surface area contributed by atoms with Crippen LogP contribution in [0.2, 0.25) is 0 Å². The lowest BCUT2D eigenvalue weighted by atomic mass is 9.44. The standard InChI is InChI=1S/C27H40O3/c1-16(2)6-5-7-17(3)19-8-9-20-23-21(11-12-26(19,20)4)27-13-10-18(28)14-22(27)24(29)25(23)30-15-27/h14,16-17,19-21,23,25H,5-13,15H2,1-4H3/t17?,19-,20+,21+,23+,25-,26-,27+/m1/s1. The number of carbonyl (C=O) groups is 2. The van der Waals surface area contributed by atoms with Gasteiger partial charge in [-0.15, -0.1) is 0 Å². The summed E-state index contributed by atoms with van der Waals surface area (Å²) in [7, 11) is 0. The van der Waals surface area contributed by atoms with Crippen LogP contribution in [0.5, 0.6) is 0 Å². The zero-order chi connectivity index (χ0) is 21.3. The Morgan fingerprint density at radius 2 is 1.87 bits per heavy atom. The van der Waals surface area contributed by atoms with E-state index in [4.69, 9.17) is 4.74 Å². The van der Waals surface area contributed by atoms with Crippen molar-refractivity contribution in [3.05, 3.63) is 11.6 Å². The van der Waals surface area contributed by atoms with Crippen molar-refractivity contribution in [1.82, 2.24) is 0 Å². The monoisotopic (exact) mass is 412 g/mol. The predicted octanol–water partition coefficient (Wildman–Crippen LogP) is 5.76. The first-order chi connectivity index (χ1) is 14.3. The molecule has 2 saturated heterocycles. The molecule has 30 heavy (non-hydrogen) atoms. The lowest BCUT2D eigenvalue weighted by Crippen LogP contribution is -2.66. The average molecular weight is 413 g/mol. The van der Waals surface area contributed by atoms with E-state index < -0.39 is 0 Å². The molecule has 0 aromatic carbocycles. The molecule has 8 atom stereocenters. The second kappa shape index (κ2) is 7.29. The molecule has 1 unspecified atom stereocenters. The van der Waals surface area contributed by atoms with Gasteiger partial charge in [0.25, 0.3) is 0 Å². The van der Waals surface area contributed by atoms with E-state index in [1.165, 1.54) is 44.9 Å². The maximum Gasteiger partial charge on any atom is 0.188 e. The van der Waals surface area contributed by atoms with E-state index in [1.807, 2.05) is 0 Å². The maximum absolute atomic E-state index is 13.4. The van der Waals surface area contributed by atoms with Crippen LogP contribution in [0.15, 0.2) is 11.6 Å². The number of carbonyl (C=O) groups excluding carboxylic acids is 2. The van der Waals surface area contributed by atoms with Gasteiger partial charge in [0, 0.05) is 17.4 Å². The van der Waals surface area contributed by atoms with Gasteiger partial charge in [-0.3, -0.25) is 9.59 Å². The molecule has 2 aliphatic heterocycles. The van der Waals surface area contributed by atoms with Crippen molar-refractivity contribution in [3.63, 3.8) is 0 Å². The molecule has 3 heteroatoms. The summed E-state index contributed by atoms with van der Waals surface area (Å²) in [6.45, 7) is 10.4. The number of ether oxygens (including phenoxy) is 1. The highest BCUT2D eigenvalue weighted by molar-refractivity contribution is 6.08. The molecule has 2 heterocycles. The highest BCUT2D eigenvalue weighted by Gasteiger charge is 2.68. The van der Waals surface area contributed by atoms with Crippen LogP contribution < -0.4 is 0 Å². The first kappa shape index (κ1) is 20.9. The Labute approximate surface area is 182 Å². The average Bonchev–Trinajstić information content (AvgIpc) is 3.06. The summed E-state index contributed by atoms with van der Waals surface area (Å²) in [4.78, 5) is 25.5. The van der Waals surface area contributed by atoms with Crippen LogP contribution in [-0.2, 0) is 14.3 Å². The SMILES string of the molecule is CC(C)CCCC(C)[C@H]1CC[C@H]2[C@@H]3[C@H]4OC[C@@]5(CCC(=O)C=C5C4=O)[C@H]3CC[C@]12C. The fourth-order valence-electron chi connectivity index (χ4n) is 8.86. The Balaban J connectivity index is 1.40. The van der Waals surface area contributed by atoms with Crippen LogP contribution in [0.25, 0.3) is 0 Å². The molecular formula is C27H40O3. The van der Waals surface area contributed by atoms with Crippen molar-refractivity contribution in [2.75, 3.05) is 6.61 Å². The molecule has 0 aromatic heterocycles. The van der Waals surface area contributed by atoms with Crippen LogP contribution in [0.4, 0.5) is 0 Å². The number of hydrogen-bond acceptors (Lipinski definition) is 3. The van der Waals surface area contributed by atoms with Gasteiger partial charge in [-0.2, -0.15) is 0 Å². The zero-order valence-corrected chi connectivity index (χ0v) is 19.4. The van der Waals surface area contributed by atoms with Gasteiger partial charge in [-0.05, 0) is 79.1 Å². The summed E-state index contributed by atoms with van der Waals surface area (Å²) in [5.41, 5.74) is 1.04. The van der Waals surface area contributed by atoms with Crippen LogP contribution in [0.1, 0.15) is 85.5 Å². The van der Waals surface area contributed by atoms with Crippen LogP contribution in [-0.4, -0.2) is 24.3 Å². The van der Waals surface area contributed by atoms with Crippen molar-refractivity contribution in [2.24, 2.45) is 46.3 Å². The third-order valence-corrected chi connectivity index (χ3v) is 10.3. The van der Waals surface area contributed by atoms with Gasteiger partial charge in [0.2, 0.25) is 0 Å². The minimum atomic E-state index is -0.284. The molecule has 0 amide bonds. The van der Waals surface area contributed by atoms with E-state index in [9.17, 15) is 9.59 Å². The minimum absolute atomic E-state index is 0.143.